The predicted molar refractivity (Wildman–Crippen MR) is 80.1 cm³/mol. The first-order valence-electron chi connectivity index (χ1n) is 5.89. The van der Waals surface area contributed by atoms with Gasteiger partial charge in [0.25, 0.3) is 0 Å². The van der Waals surface area contributed by atoms with Gasteiger partial charge in [-0.3, -0.25) is 9.59 Å². The molecule has 0 bridgehead atoms. The number of hydrogen-bond acceptors (Lipinski definition) is 4. The van der Waals surface area contributed by atoms with Gasteiger partial charge in [-0.05, 0) is 34.1 Å². The average Bonchev–Trinajstić information content (AvgIpc) is 2.69. The Labute approximate surface area is 128 Å². The van der Waals surface area contributed by atoms with E-state index in [1.807, 2.05) is 0 Å². The van der Waals surface area contributed by atoms with Gasteiger partial charge >= 0.3 is 5.97 Å². The first kappa shape index (κ1) is 15.1. The van der Waals surface area contributed by atoms with Crippen LogP contribution in [0.3, 0.4) is 0 Å². The number of aromatic carboxylic acids is 1. The average molecular weight is 358 g/mol. The fourth-order valence-corrected chi connectivity index (χ4v) is 3.45. The van der Waals surface area contributed by atoms with Crippen molar-refractivity contribution in [1.29, 1.82) is 0 Å². The Morgan fingerprint density at radius 3 is 2.75 bits per heavy atom. The van der Waals surface area contributed by atoms with Crippen LogP contribution in [0.4, 0.5) is 5.69 Å². The molecule has 1 atom stereocenters. The molecule has 1 aromatic carbocycles. The third-order valence-corrected chi connectivity index (χ3v) is 4.56. The number of thioether (sulfide) groups is 1. The third kappa shape index (κ3) is 3.21. The number of carbonyl (C=O) groups is 3. The largest absolute Gasteiger partial charge is 0.478 e. The number of nitrogens with zero attached hydrogens (tertiary/aromatic N) is 1. The molecule has 1 heterocycles. The van der Waals surface area contributed by atoms with Gasteiger partial charge in [-0.2, -0.15) is 0 Å². The molecule has 0 radical (unpaired) electrons. The summed E-state index contributed by atoms with van der Waals surface area (Å²) in [6.45, 7) is 1.88. The summed E-state index contributed by atoms with van der Waals surface area (Å²) >= 11 is 4.47. The van der Waals surface area contributed by atoms with Crippen LogP contribution in [0.15, 0.2) is 22.7 Å². The maximum absolute atomic E-state index is 12.0. The Morgan fingerprint density at radius 2 is 2.15 bits per heavy atom. The molecule has 1 N–H and O–H groups in total. The number of carboxylic acids is 1. The van der Waals surface area contributed by atoms with E-state index in [2.05, 4.69) is 15.9 Å². The highest BCUT2D eigenvalue weighted by atomic mass is 79.9. The van der Waals surface area contributed by atoms with Crippen LogP contribution in [0.2, 0.25) is 0 Å². The molecule has 1 saturated heterocycles. The Kier molecular flexibility index (Phi) is 4.49. The second-order valence-corrected chi connectivity index (χ2v) is 6.74. The molecule has 1 aliphatic heterocycles. The summed E-state index contributed by atoms with van der Waals surface area (Å²) in [6.07, 6.45) is 0.286. The van der Waals surface area contributed by atoms with Crippen molar-refractivity contribution in [2.24, 2.45) is 0 Å². The molecule has 7 heteroatoms. The Bertz CT molecular complexity index is 590. The van der Waals surface area contributed by atoms with E-state index in [9.17, 15) is 14.4 Å². The maximum atomic E-state index is 12.0. The van der Waals surface area contributed by atoms with Gasteiger partial charge in [0.05, 0.1) is 11.3 Å². The molecule has 1 fully saturated rings. The van der Waals surface area contributed by atoms with Crippen molar-refractivity contribution in [3.05, 3.63) is 28.2 Å². The number of hydrogen-bond donors (Lipinski definition) is 1. The van der Waals surface area contributed by atoms with Gasteiger partial charge < -0.3 is 10.0 Å². The highest BCUT2D eigenvalue weighted by molar-refractivity contribution is 9.10. The van der Waals surface area contributed by atoms with E-state index in [4.69, 9.17) is 5.11 Å². The van der Waals surface area contributed by atoms with Gasteiger partial charge in [-0.15, -0.1) is 0 Å². The van der Waals surface area contributed by atoms with Crippen molar-refractivity contribution in [2.45, 2.75) is 18.6 Å². The molecule has 2 rings (SSSR count). The molecule has 1 amide bonds. The number of halogens is 1. The lowest BCUT2D eigenvalue weighted by molar-refractivity contribution is -0.117. The van der Waals surface area contributed by atoms with Gasteiger partial charge in [0.1, 0.15) is 0 Å². The lowest BCUT2D eigenvalue weighted by atomic mass is 10.2. The monoisotopic (exact) mass is 357 g/mol. The predicted octanol–water partition coefficient (Wildman–Crippen LogP) is 2.53. The Balaban J connectivity index is 2.27. The third-order valence-electron chi connectivity index (χ3n) is 2.91. The molecule has 1 unspecified atom stereocenters. The fraction of sp³-hybridized carbons (Fsp3) is 0.308. The van der Waals surface area contributed by atoms with E-state index >= 15 is 0 Å². The first-order valence-corrected chi connectivity index (χ1v) is 7.56. The number of amides is 1. The minimum atomic E-state index is -1.04. The van der Waals surface area contributed by atoms with E-state index in [-0.39, 0.29) is 28.3 Å². The van der Waals surface area contributed by atoms with E-state index in [0.717, 1.165) is 11.8 Å². The molecule has 1 aromatic rings. The van der Waals surface area contributed by atoms with E-state index in [1.54, 1.807) is 6.07 Å². The second kappa shape index (κ2) is 5.97. The molecule has 5 nitrogen and oxygen atoms in total. The van der Waals surface area contributed by atoms with Crippen molar-refractivity contribution in [2.75, 3.05) is 11.4 Å². The number of benzene rings is 1. The van der Waals surface area contributed by atoms with Crippen LogP contribution in [0.1, 0.15) is 23.7 Å². The molecule has 1 aliphatic rings. The number of rotatable bonds is 3. The zero-order chi connectivity index (χ0) is 14.9. The summed E-state index contributed by atoms with van der Waals surface area (Å²) in [7, 11) is 0. The number of anilines is 1. The topological polar surface area (TPSA) is 74.7 Å². The standard InChI is InChI=1S/C13H12BrNO4S/c1-7(16)20-9-5-12(17)15(6-9)11-4-8(13(18)19)2-3-10(11)14/h2-4,9H,5-6H2,1H3,(H,18,19). The number of carbonyl (C=O) groups excluding carboxylic acids is 2. The lowest BCUT2D eigenvalue weighted by Gasteiger charge is -2.18. The summed E-state index contributed by atoms with van der Waals surface area (Å²) in [5.41, 5.74) is 0.653. The summed E-state index contributed by atoms with van der Waals surface area (Å²) in [4.78, 5) is 35.7. The van der Waals surface area contributed by atoms with Gasteiger partial charge in [-0.1, -0.05) is 11.8 Å². The summed E-state index contributed by atoms with van der Waals surface area (Å²) in [5, 5.41) is 8.90. The molecule has 0 aromatic heterocycles. The van der Waals surface area contributed by atoms with Crippen LogP contribution in [0.5, 0.6) is 0 Å². The van der Waals surface area contributed by atoms with Gasteiger partial charge in [0.15, 0.2) is 5.12 Å². The summed E-state index contributed by atoms with van der Waals surface area (Å²) < 4.78 is 0.657. The fourth-order valence-electron chi connectivity index (χ4n) is 2.07. The van der Waals surface area contributed by atoms with Crippen molar-refractivity contribution in [1.82, 2.24) is 0 Å². The minimum absolute atomic E-state index is 0.0250. The minimum Gasteiger partial charge on any atom is -0.478 e. The first-order chi connectivity index (χ1) is 9.38. The summed E-state index contributed by atoms with van der Waals surface area (Å²) in [6, 6.07) is 4.54. The van der Waals surface area contributed by atoms with Crippen LogP contribution >= 0.6 is 27.7 Å². The van der Waals surface area contributed by atoms with Crippen LogP contribution in [-0.4, -0.2) is 33.9 Å². The van der Waals surface area contributed by atoms with E-state index in [0.29, 0.717) is 16.7 Å². The quantitative estimate of drug-likeness (QED) is 0.899. The molecule has 0 aliphatic carbocycles. The SMILES string of the molecule is CC(=O)SC1CC(=O)N(c2cc(C(=O)O)ccc2Br)C1. The molecular weight excluding hydrogens is 346 g/mol. The molecular formula is C13H12BrNO4S. The lowest BCUT2D eigenvalue weighted by Crippen LogP contribution is -2.25. The molecule has 20 heavy (non-hydrogen) atoms. The maximum Gasteiger partial charge on any atom is 0.335 e. The smallest absolute Gasteiger partial charge is 0.335 e. The van der Waals surface area contributed by atoms with Crippen LogP contribution in [0, 0.1) is 0 Å². The normalized spacial score (nSPS) is 18.4. The van der Waals surface area contributed by atoms with Crippen LogP contribution in [0.25, 0.3) is 0 Å². The Morgan fingerprint density at radius 1 is 1.45 bits per heavy atom. The number of carboxylic acid groups (broad SMARTS) is 1. The zero-order valence-corrected chi connectivity index (χ0v) is 13.0. The van der Waals surface area contributed by atoms with Gasteiger partial charge in [0.2, 0.25) is 5.91 Å². The van der Waals surface area contributed by atoms with Gasteiger partial charge in [0, 0.05) is 29.6 Å². The summed E-state index contributed by atoms with van der Waals surface area (Å²) in [5.74, 6) is -1.15. The highest BCUT2D eigenvalue weighted by Crippen LogP contribution is 2.34. The van der Waals surface area contributed by atoms with Crippen LogP contribution < -0.4 is 4.90 Å². The Hall–Kier alpha value is -1.34. The highest BCUT2D eigenvalue weighted by Gasteiger charge is 2.33. The van der Waals surface area contributed by atoms with Crippen molar-refractivity contribution in [3.63, 3.8) is 0 Å². The molecule has 106 valence electrons. The van der Waals surface area contributed by atoms with E-state index in [1.165, 1.54) is 24.0 Å². The van der Waals surface area contributed by atoms with Crippen molar-refractivity contribution < 1.29 is 19.5 Å². The second-order valence-electron chi connectivity index (χ2n) is 4.41. The van der Waals surface area contributed by atoms with Crippen molar-refractivity contribution >= 4 is 50.4 Å². The van der Waals surface area contributed by atoms with Crippen molar-refractivity contribution in [3.8, 4) is 0 Å². The van der Waals surface area contributed by atoms with Gasteiger partial charge in [-0.25, -0.2) is 4.79 Å². The molecule has 0 saturated carbocycles. The molecule has 0 spiro atoms. The van der Waals surface area contributed by atoms with E-state index < -0.39 is 5.97 Å². The zero-order valence-electron chi connectivity index (χ0n) is 10.6. The van der Waals surface area contributed by atoms with Crippen LogP contribution in [-0.2, 0) is 9.59 Å².